The molecular weight excluding hydrogens is 146 g/mol. The molecule has 0 radical (unpaired) electrons. The van der Waals surface area contributed by atoms with Gasteiger partial charge in [-0.1, -0.05) is 19.2 Å². The summed E-state index contributed by atoms with van der Waals surface area (Å²) in [5.41, 5.74) is 2.45. The van der Waals surface area contributed by atoms with Crippen LogP contribution in [0.5, 0.6) is 0 Å². The van der Waals surface area contributed by atoms with Gasteiger partial charge in [-0.3, -0.25) is 0 Å². The molecule has 0 spiro atoms. The lowest BCUT2D eigenvalue weighted by Crippen LogP contribution is -2.36. The zero-order valence-electron chi connectivity index (χ0n) is 8.22. The van der Waals surface area contributed by atoms with E-state index >= 15 is 0 Å². The minimum absolute atomic E-state index is 0.176. The molecule has 0 N–H and O–H groups in total. The van der Waals surface area contributed by atoms with Crippen molar-refractivity contribution < 1.29 is 0 Å². The fourth-order valence-electron chi connectivity index (χ4n) is 1.76. The first-order valence-corrected chi connectivity index (χ1v) is 4.27. The Kier molecular flexibility index (Phi) is 2.14. The van der Waals surface area contributed by atoms with Gasteiger partial charge in [-0.15, -0.1) is 0 Å². The summed E-state index contributed by atoms with van der Waals surface area (Å²) < 4.78 is 0. The van der Waals surface area contributed by atoms with Crippen molar-refractivity contribution in [2.75, 3.05) is 0 Å². The van der Waals surface area contributed by atoms with Crippen LogP contribution in [0.2, 0.25) is 0 Å². The van der Waals surface area contributed by atoms with Gasteiger partial charge in [0, 0.05) is 16.9 Å². The number of hydrogen-bond acceptors (Lipinski definition) is 1. The summed E-state index contributed by atoms with van der Waals surface area (Å²) in [5.74, 6) is 0. The fraction of sp³-hybridized carbons (Fsp3) is 0.455. The molecule has 0 saturated heterocycles. The molecule has 1 heterocycles. The second-order valence-corrected chi connectivity index (χ2v) is 3.89. The van der Waals surface area contributed by atoms with E-state index in [0.717, 1.165) is 12.1 Å². The number of rotatable bonds is 2. The van der Waals surface area contributed by atoms with Crippen molar-refractivity contribution >= 4 is 0 Å². The van der Waals surface area contributed by atoms with Crippen LogP contribution in [-0.4, -0.2) is 10.4 Å². The Bertz CT molecular complexity index is 246. The summed E-state index contributed by atoms with van der Waals surface area (Å²) in [6, 6.07) is 0. The molecule has 1 aliphatic rings. The molecule has 0 atom stereocenters. The lowest BCUT2D eigenvalue weighted by molar-refractivity contribution is 0.251. The van der Waals surface area contributed by atoms with Crippen molar-refractivity contribution in [3.63, 3.8) is 0 Å². The second-order valence-electron chi connectivity index (χ2n) is 3.89. The van der Waals surface area contributed by atoms with E-state index in [1.807, 2.05) is 6.08 Å². The van der Waals surface area contributed by atoms with Crippen molar-refractivity contribution in [2.45, 2.75) is 32.7 Å². The minimum Gasteiger partial charge on any atom is -0.340 e. The molecule has 66 valence electrons. The van der Waals surface area contributed by atoms with Crippen molar-refractivity contribution in [3.8, 4) is 0 Å². The maximum atomic E-state index is 3.97. The molecule has 0 amide bonds. The lowest BCUT2D eigenvalue weighted by Gasteiger charge is -2.35. The third-order valence-corrected chi connectivity index (χ3v) is 2.38. The normalized spacial score (nSPS) is 20.6. The Morgan fingerprint density at radius 1 is 1.67 bits per heavy atom. The maximum absolute atomic E-state index is 3.97. The summed E-state index contributed by atoms with van der Waals surface area (Å²) in [7, 11) is 0. The van der Waals surface area contributed by atoms with Crippen LogP contribution in [0.1, 0.15) is 27.2 Å². The molecule has 12 heavy (non-hydrogen) atoms. The van der Waals surface area contributed by atoms with E-state index in [2.05, 4.69) is 44.9 Å². The van der Waals surface area contributed by atoms with Crippen LogP contribution in [0.4, 0.5) is 0 Å². The molecule has 1 rings (SSSR count). The highest BCUT2D eigenvalue weighted by Crippen LogP contribution is 2.34. The van der Waals surface area contributed by atoms with Gasteiger partial charge in [0.1, 0.15) is 0 Å². The topological polar surface area (TPSA) is 3.24 Å². The van der Waals surface area contributed by atoms with Crippen LogP contribution in [0, 0.1) is 0 Å². The van der Waals surface area contributed by atoms with Crippen LogP contribution in [0.25, 0.3) is 0 Å². The molecule has 1 aliphatic heterocycles. The quantitative estimate of drug-likeness (QED) is 0.565. The van der Waals surface area contributed by atoms with Crippen LogP contribution in [0.3, 0.4) is 0 Å². The van der Waals surface area contributed by atoms with Gasteiger partial charge in [0.25, 0.3) is 0 Å². The molecule has 0 unspecified atom stereocenters. The van der Waals surface area contributed by atoms with E-state index in [0.29, 0.717) is 0 Å². The van der Waals surface area contributed by atoms with Gasteiger partial charge in [0.05, 0.1) is 0 Å². The molecule has 0 saturated carbocycles. The molecule has 0 aromatic carbocycles. The number of allylic oxidation sites excluding steroid dienone is 2. The smallest absolute Gasteiger partial charge is 0.0426 e. The van der Waals surface area contributed by atoms with Crippen LogP contribution in [0.15, 0.2) is 36.7 Å². The molecule has 0 aromatic heterocycles. The minimum atomic E-state index is 0.176. The molecule has 0 aliphatic carbocycles. The standard InChI is InChI=1S/C11H17N/c1-6-9(2)12-10(3)7-8-11(12,4)5/h6-7H,1-2,8H2,3-5H3. The Morgan fingerprint density at radius 3 is 2.58 bits per heavy atom. The predicted octanol–water partition coefficient (Wildman–Crippen LogP) is 3.07. The van der Waals surface area contributed by atoms with E-state index in [4.69, 9.17) is 0 Å². The Balaban J connectivity index is 2.93. The second kappa shape index (κ2) is 2.81. The van der Waals surface area contributed by atoms with Crippen molar-refractivity contribution in [3.05, 3.63) is 36.7 Å². The van der Waals surface area contributed by atoms with Gasteiger partial charge in [0.2, 0.25) is 0 Å². The predicted molar refractivity (Wildman–Crippen MR) is 53.6 cm³/mol. The molecule has 1 heteroatoms. The van der Waals surface area contributed by atoms with Gasteiger partial charge in [0.15, 0.2) is 0 Å². The van der Waals surface area contributed by atoms with Gasteiger partial charge in [-0.2, -0.15) is 0 Å². The zero-order chi connectivity index (χ0) is 9.35. The van der Waals surface area contributed by atoms with Crippen molar-refractivity contribution in [2.24, 2.45) is 0 Å². The largest absolute Gasteiger partial charge is 0.340 e. The molecular formula is C11H17N. The highest BCUT2D eigenvalue weighted by molar-refractivity contribution is 5.25. The first-order valence-electron chi connectivity index (χ1n) is 4.27. The van der Waals surface area contributed by atoms with E-state index in [1.165, 1.54) is 5.70 Å². The highest BCUT2D eigenvalue weighted by atomic mass is 15.2. The SMILES string of the molecule is C=CC(=C)N1C(C)=CCC1(C)C. The summed E-state index contributed by atoms with van der Waals surface area (Å²) in [6.45, 7) is 14.3. The first kappa shape index (κ1) is 9.11. The monoisotopic (exact) mass is 163 g/mol. The summed E-state index contributed by atoms with van der Waals surface area (Å²) in [6.07, 6.45) is 5.14. The lowest BCUT2D eigenvalue weighted by atomic mass is 10.0. The third-order valence-electron chi connectivity index (χ3n) is 2.38. The van der Waals surface area contributed by atoms with Crippen molar-refractivity contribution in [1.82, 2.24) is 4.90 Å². The molecule has 0 aromatic rings. The highest BCUT2D eigenvalue weighted by Gasteiger charge is 2.31. The average molecular weight is 163 g/mol. The number of hydrogen-bond donors (Lipinski definition) is 0. The van der Waals surface area contributed by atoms with Crippen molar-refractivity contribution in [1.29, 1.82) is 0 Å². The maximum Gasteiger partial charge on any atom is 0.0426 e. The summed E-state index contributed by atoms with van der Waals surface area (Å²) >= 11 is 0. The van der Waals surface area contributed by atoms with Gasteiger partial charge >= 0.3 is 0 Å². The van der Waals surface area contributed by atoms with E-state index < -0.39 is 0 Å². The number of nitrogens with zero attached hydrogens (tertiary/aromatic N) is 1. The average Bonchev–Trinajstić information content (AvgIpc) is 2.25. The molecule has 0 fully saturated rings. The molecule has 0 bridgehead atoms. The van der Waals surface area contributed by atoms with E-state index in [1.54, 1.807) is 0 Å². The van der Waals surface area contributed by atoms with Gasteiger partial charge in [-0.05, 0) is 33.3 Å². The van der Waals surface area contributed by atoms with E-state index in [-0.39, 0.29) is 5.54 Å². The van der Waals surface area contributed by atoms with Crippen LogP contribution >= 0.6 is 0 Å². The van der Waals surface area contributed by atoms with Crippen LogP contribution in [-0.2, 0) is 0 Å². The zero-order valence-corrected chi connectivity index (χ0v) is 8.22. The fourth-order valence-corrected chi connectivity index (χ4v) is 1.76. The van der Waals surface area contributed by atoms with E-state index in [9.17, 15) is 0 Å². The van der Waals surface area contributed by atoms with Crippen LogP contribution < -0.4 is 0 Å². The van der Waals surface area contributed by atoms with Gasteiger partial charge in [-0.25, -0.2) is 0 Å². The third kappa shape index (κ3) is 1.31. The van der Waals surface area contributed by atoms with Gasteiger partial charge < -0.3 is 4.90 Å². The summed E-state index contributed by atoms with van der Waals surface area (Å²) in [5, 5.41) is 0. The Morgan fingerprint density at radius 2 is 2.25 bits per heavy atom. The Labute approximate surface area is 75.1 Å². The first-order chi connectivity index (χ1) is 5.49. The molecule has 1 nitrogen and oxygen atoms in total. The Hall–Kier alpha value is -0.980. The summed E-state index contributed by atoms with van der Waals surface area (Å²) in [4.78, 5) is 2.24.